The van der Waals surface area contributed by atoms with Crippen molar-refractivity contribution in [1.29, 1.82) is 0 Å². The molecule has 0 spiro atoms. The molecule has 0 saturated heterocycles. The molecule has 11 nitrogen and oxygen atoms in total. The second kappa shape index (κ2) is 15.3. The lowest BCUT2D eigenvalue weighted by Crippen LogP contribution is -2.47. The Labute approximate surface area is 246 Å². The number of carboxylic acid groups (broad SMARTS) is 2. The van der Waals surface area contributed by atoms with E-state index in [1.54, 1.807) is 6.92 Å². The van der Waals surface area contributed by atoms with E-state index in [1.165, 1.54) is 10.8 Å². The Kier molecular flexibility index (Phi) is 12.4. The zero-order chi connectivity index (χ0) is 31.6. The topological polar surface area (TPSA) is 168 Å². The average molecular weight is 585 g/mol. The first-order valence-corrected chi connectivity index (χ1v) is 14.4. The first kappa shape index (κ1) is 34.2. The molecule has 0 fully saturated rings. The van der Waals surface area contributed by atoms with E-state index in [-0.39, 0.29) is 31.0 Å². The molecule has 2 rings (SSSR count). The van der Waals surface area contributed by atoms with Crippen LogP contribution in [0.2, 0.25) is 0 Å². The molecular weight excluding hydrogens is 540 g/mol. The molecule has 0 bridgehead atoms. The molecule has 2 unspecified atom stereocenters. The van der Waals surface area contributed by atoms with E-state index in [9.17, 15) is 34.2 Å². The summed E-state index contributed by atoms with van der Waals surface area (Å²) in [5.74, 6) is -3.63. The number of ketones is 1. The molecule has 0 aliphatic rings. The predicted molar refractivity (Wildman–Crippen MR) is 160 cm³/mol. The summed E-state index contributed by atoms with van der Waals surface area (Å²) in [4.78, 5) is 68.0. The normalized spacial score (nSPS) is 13.7. The van der Waals surface area contributed by atoms with Crippen LogP contribution in [0.15, 0.2) is 41.3 Å². The van der Waals surface area contributed by atoms with Crippen molar-refractivity contribution in [2.24, 2.45) is 5.92 Å². The molecule has 42 heavy (non-hydrogen) atoms. The fourth-order valence-electron chi connectivity index (χ4n) is 4.54. The number of aliphatic carboxylic acids is 2. The molecule has 11 heteroatoms. The number of rotatable bonds is 16. The van der Waals surface area contributed by atoms with Gasteiger partial charge < -0.3 is 20.8 Å². The van der Waals surface area contributed by atoms with Crippen LogP contribution in [0.4, 0.5) is 5.82 Å². The highest BCUT2D eigenvalue weighted by Crippen LogP contribution is 2.23. The molecule has 1 amide bonds. The van der Waals surface area contributed by atoms with Gasteiger partial charge in [0.2, 0.25) is 5.91 Å². The van der Waals surface area contributed by atoms with E-state index in [4.69, 9.17) is 0 Å². The fourth-order valence-corrected chi connectivity index (χ4v) is 4.54. The number of carbonyl (C=O) groups is 4. The van der Waals surface area contributed by atoms with Gasteiger partial charge in [0.15, 0.2) is 11.6 Å². The number of carboxylic acids is 2. The summed E-state index contributed by atoms with van der Waals surface area (Å²) in [6, 6.07) is 6.14. The minimum Gasteiger partial charge on any atom is -0.481 e. The minimum absolute atomic E-state index is 0.0252. The molecule has 0 saturated carbocycles. The van der Waals surface area contributed by atoms with Gasteiger partial charge in [0.05, 0.1) is 18.2 Å². The summed E-state index contributed by atoms with van der Waals surface area (Å²) in [6.07, 6.45) is 2.46. The molecule has 1 aromatic carbocycles. The third-order valence-corrected chi connectivity index (χ3v) is 6.86. The number of Topliss-reactive ketones (excluding diaryl/α,β-unsaturated/α-hetero) is 1. The number of benzene rings is 1. The highest BCUT2D eigenvalue weighted by molar-refractivity contribution is 5.92. The van der Waals surface area contributed by atoms with Crippen LogP contribution in [0, 0.1) is 5.92 Å². The van der Waals surface area contributed by atoms with E-state index in [1.807, 2.05) is 65.0 Å². The number of nitrogens with zero attached hydrogens (tertiary/aromatic N) is 2. The molecule has 4 N–H and O–H groups in total. The second-order valence-corrected chi connectivity index (χ2v) is 12.0. The van der Waals surface area contributed by atoms with E-state index in [0.717, 1.165) is 5.56 Å². The molecular formula is C31H44N4O7. The van der Waals surface area contributed by atoms with Gasteiger partial charge in [-0.1, -0.05) is 71.9 Å². The summed E-state index contributed by atoms with van der Waals surface area (Å²) in [5, 5.41) is 24.5. The summed E-state index contributed by atoms with van der Waals surface area (Å²) in [5.41, 5.74) is 0.246. The number of aromatic nitrogens is 2. The van der Waals surface area contributed by atoms with Crippen molar-refractivity contribution in [3.8, 4) is 0 Å². The Hall–Kier alpha value is -4.02. The van der Waals surface area contributed by atoms with Gasteiger partial charge in [-0.3, -0.25) is 23.7 Å². The van der Waals surface area contributed by atoms with Crippen molar-refractivity contribution in [1.82, 2.24) is 14.9 Å². The van der Waals surface area contributed by atoms with Crippen molar-refractivity contribution in [2.45, 2.75) is 104 Å². The summed E-state index contributed by atoms with van der Waals surface area (Å²) in [6.45, 7) is 11.0. The van der Waals surface area contributed by atoms with E-state index >= 15 is 0 Å². The number of carbonyl (C=O) groups excluding carboxylic acids is 2. The highest BCUT2D eigenvalue weighted by Gasteiger charge is 2.31. The Bertz CT molecular complexity index is 1300. The number of aryl methyl sites for hydroxylation is 1. The molecule has 2 aromatic rings. The Morgan fingerprint density at radius 2 is 1.67 bits per heavy atom. The Morgan fingerprint density at radius 3 is 2.19 bits per heavy atom. The highest BCUT2D eigenvalue weighted by atomic mass is 16.4. The largest absolute Gasteiger partial charge is 0.481 e. The minimum atomic E-state index is -1.26. The van der Waals surface area contributed by atoms with Crippen LogP contribution < -0.4 is 16.2 Å². The number of hydrogen-bond donors (Lipinski definition) is 4. The quantitative estimate of drug-likeness (QED) is 0.228. The maximum atomic E-state index is 13.6. The SMILES string of the molecule is CCC(C(=O)N[C@@H](CC(=O)O)C(=O)CCCc1ccccc1)n1cc(C(C)(C)C)nc(NC(CC(C)C)C(=O)O)c1=O. The molecule has 1 aromatic heterocycles. The lowest BCUT2D eigenvalue weighted by atomic mass is 9.92. The summed E-state index contributed by atoms with van der Waals surface area (Å²) in [7, 11) is 0. The van der Waals surface area contributed by atoms with E-state index < -0.39 is 59.1 Å². The third kappa shape index (κ3) is 10.1. The number of anilines is 1. The van der Waals surface area contributed by atoms with Gasteiger partial charge in [-0.05, 0) is 37.2 Å². The first-order valence-electron chi connectivity index (χ1n) is 14.4. The van der Waals surface area contributed by atoms with Crippen molar-refractivity contribution < 1.29 is 29.4 Å². The van der Waals surface area contributed by atoms with Crippen molar-refractivity contribution in [3.05, 3.63) is 58.1 Å². The maximum absolute atomic E-state index is 13.6. The molecule has 230 valence electrons. The molecule has 0 aliphatic heterocycles. The zero-order valence-electron chi connectivity index (χ0n) is 25.3. The fraction of sp³-hybridized carbons (Fsp3) is 0.548. The zero-order valence-corrected chi connectivity index (χ0v) is 25.3. The lowest BCUT2D eigenvalue weighted by Gasteiger charge is -2.26. The van der Waals surface area contributed by atoms with E-state index in [2.05, 4.69) is 15.6 Å². The number of amides is 1. The van der Waals surface area contributed by atoms with Crippen LogP contribution in [0.3, 0.4) is 0 Å². The van der Waals surface area contributed by atoms with Crippen molar-refractivity contribution in [2.75, 3.05) is 5.32 Å². The van der Waals surface area contributed by atoms with Gasteiger partial charge in [0.1, 0.15) is 12.1 Å². The smallest absolute Gasteiger partial charge is 0.326 e. The van der Waals surface area contributed by atoms with Gasteiger partial charge in [0, 0.05) is 18.0 Å². The van der Waals surface area contributed by atoms with Gasteiger partial charge in [-0.25, -0.2) is 9.78 Å². The molecule has 0 radical (unpaired) electrons. The van der Waals surface area contributed by atoms with Crippen LogP contribution in [-0.4, -0.2) is 55.5 Å². The third-order valence-electron chi connectivity index (χ3n) is 6.86. The van der Waals surface area contributed by atoms with Crippen LogP contribution in [0.25, 0.3) is 0 Å². The molecule has 3 atom stereocenters. The van der Waals surface area contributed by atoms with Crippen molar-refractivity contribution in [3.63, 3.8) is 0 Å². The van der Waals surface area contributed by atoms with Crippen LogP contribution >= 0.6 is 0 Å². The van der Waals surface area contributed by atoms with Gasteiger partial charge in [-0.15, -0.1) is 0 Å². The molecule has 0 aliphatic carbocycles. The summed E-state index contributed by atoms with van der Waals surface area (Å²) >= 11 is 0. The van der Waals surface area contributed by atoms with Gasteiger partial charge in [0.25, 0.3) is 5.56 Å². The monoisotopic (exact) mass is 584 g/mol. The van der Waals surface area contributed by atoms with Gasteiger partial charge >= 0.3 is 11.9 Å². The summed E-state index contributed by atoms with van der Waals surface area (Å²) < 4.78 is 1.19. The van der Waals surface area contributed by atoms with Crippen LogP contribution in [0.5, 0.6) is 0 Å². The van der Waals surface area contributed by atoms with Gasteiger partial charge in [-0.2, -0.15) is 0 Å². The maximum Gasteiger partial charge on any atom is 0.326 e. The lowest BCUT2D eigenvalue weighted by molar-refractivity contribution is -0.140. The predicted octanol–water partition coefficient (Wildman–Crippen LogP) is 3.95. The van der Waals surface area contributed by atoms with Crippen LogP contribution in [0.1, 0.15) is 90.9 Å². The Morgan fingerprint density at radius 1 is 1.02 bits per heavy atom. The van der Waals surface area contributed by atoms with Crippen molar-refractivity contribution >= 4 is 29.4 Å². The van der Waals surface area contributed by atoms with E-state index in [0.29, 0.717) is 18.5 Å². The second-order valence-electron chi connectivity index (χ2n) is 12.0. The van der Waals surface area contributed by atoms with Crippen LogP contribution in [-0.2, 0) is 31.0 Å². The average Bonchev–Trinajstić information content (AvgIpc) is 2.89. The number of hydrogen-bond acceptors (Lipinski definition) is 7. The standard InChI is InChI=1S/C31H44N4O7/c1-7-23(28(39)33-21(17-26(37)38)24(36)15-11-14-20-12-9-8-10-13-20)35-18-25(31(4,5)6)34-27(29(35)40)32-22(30(41)42)16-19(2)3/h8-10,12-13,18-19,21-23H,7,11,14-17H2,1-6H3,(H,32,34)(H,33,39)(H,37,38)(H,41,42)/t21-,22?,23?/m0/s1. The Balaban J connectivity index is 2.37. The molecule has 1 heterocycles. The number of nitrogens with one attached hydrogen (secondary N) is 2. The first-order chi connectivity index (χ1) is 19.6.